The molecular weight excluding hydrogens is 186 g/mol. The smallest absolute Gasteiger partial charge is 0.149 e. The standard InChI is InChI=1S/C9H6ClN3/c1-13-3-2-6-4-7(5-11)8(10)12-9(6)13/h2-4H,1H3. The Kier molecular flexibility index (Phi) is 1.71. The van der Waals surface area contributed by atoms with E-state index >= 15 is 0 Å². The van der Waals surface area contributed by atoms with Gasteiger partial charge in [0.15, 0.2) is 0 Å². The first-order chi connectivity index (χ1) is 6.22. The highest BCUT2D eigenvalue weighted by Gasteiger charge is 2.05. The summed E-state index contributed by atoms with van der Waals surface area (Å²) in [6.07, 6.45) is 1.88. The van der Waals surface area contributed by atoms with E-state index in [0.29, 0.717) is 5.56 Å². The zero-order valence-corrected chi connectivity index (χ0v) is 7.71. The molecule has 0 spiro atoms. The molecule has 2 rings (SSSR count). The molecule has 0 aliphatic heterocycles. The van der Waals surface area contributed by atoms with Gasteiger partial charge in [0.25, 0.3) is 0 Å². The first kappa shape index (κ1) is 8.09. The van der Waals surface area contributed by atoms with Crippen LogP contribution in [0, 0.1) is 11.3 Å². The van der Waals surface area contributed by atoms with Gasteiger partial charge in [-0.15, -0.1) is 0 Å². The Morgan fingerprint density at radius 2 is 2.38 bits per heavy atom. The van der Waals surface area contributed by atoms with Crippen LogP contribution in [-0.4, -0.2) is 9.55 Å². The molecule has 2 aromatic rings. The lowest BCUT2D eigenvalue weighted by atomic mass is 10.2. The van der Waals surface area contributed by atoms with E-state index in [2.05, 4.69) is 4.98 Å². The van der Waals surface area contributed by atoms with Gasteiger partial charge in [0, 0.05) is 18.6 Å². The second kappa shape index (κ2) is 2.75. The largest absolute Gasteiger partial charge is 0.336 e. The first-order valence-corrected chi connectivity index (χ1v) is 4.12. The van der Waals surface area contributed by atoms with Gasteiger partial charge >= 0.3 is 0 Å². The lowest BCUT2D eigenvalue weighted by Gasteiger charge is -1.97. The maximum Gasteiger partial charge on any atom is 0.149 e. The highest BCUT2D eigenvalue weighted by molar-refractivity contribution is 6.30. The second-order valence-electron chi connectivity index (χ2n) is 2.78. The molecule has 0 unspecified atom stereocenters. The Morgan fingerprint density at radius 1 is 1.62 bits per heavy atom. The average molecular weight is 192 g/mol. The van der Waals surface area contributed by atoms with E-state index in [1.807, 2.05) is 29.9 Å². The van der Waals surface area contributed by atoms with Crippen molar-refractivity contribution in [2.24, 2.45) is 7.05 Å². The third-order valence-electron chi connectivity index (χ3n) is 1.92. The summed E-state index contributed by atoms with van der Waals surface area (Å²) >= 11 is 5.79. The van der Waals surface area contributed by atoms with Crippen LogP contribution in [-0.2, 0) is 7.05 Å². The molecular formula is C9H6ClN3. The average Bonchev–Trinajstić information content (AvgIpc) is 2.47. The first-order valence-electron chi connectivity index (χ1n) is 3.74. The van der Waals surface area contributed by atoms with E-state index < -0.39 is 0 Å². The van der Waals surface area contributed by atoms with Gasteiger partial charge in [0.2, 0.25) is 0 Å². The van der Waals surface area contributed by atoms with Crippen LogP contribution in [0.5, 0.6) is 0 Å². The summed E-state index contributed by atoms with van der Waals surface area (Å²) in [5.74, 6) is 0. The Hall–Kier alpha value is -1.53. The van der Waals surface area contributed by atoms with Gasteiger partial charge in [-0.05, 0) is 12.1 Å². The van der Waals surface area contributed by atoms with Crippen LogP contribution in [0.2, 0.25) is 5.15 Å². The number of nitriles is 1. The molecule has 0 fully saturated rings. The van der Waals surface area contributed by atoms with E-state index in [1.165, 1.54) is 0 Å². The number of aryl methyl sites for hydroxylation is 1. The predicted molar refractivity (Wildman–Crippen MR) is 50.4 cm³/mol. The van der Waals surface area contributed by atoms with E-state index in [4.69, 9.17) is 16.9 Å². The van der Waals surface area contributed by atoms with E-state index in [-0.39, 0.29) is 5.15 Å². The van der Waals surface area contributed by atoms with Crippen LogP contribution in [0.25, 0.3) is 11.0 Å². The van der Waals surface area contributed by atoms with Crippen molar-refractivity contribution >= 4 is 22.6 Å². The molecule has 2 aromatic heterocycles. The van der Waals surface area contributed by atoms with Crippen LogP contribution < -0.4 is 0 Å². The number of hydrogen-bond acceptors (Lipinski definition) is 2. The van der Waals surface area contributed by atoms with Gasteiger partial charge < -0.3 is 4.57 Å². The molecule has 13 heavy (non-hydrogen) atoms. The molecule has 64 valence electrons. The van der Waals surface area contributed by atoms with Crippen LogP contribution in [0.15, 0.2) is 18.3 Å². The van der Waals surface area contributed by atoms with Crippen LogP contribution >= 0.6 is 11.6 Å². The molecule has 3 nitrogen and oxygen atoms in total. The van der Waals surface area contributed by atoms with Crippen molar-refractivity contribution in [3.05, 3.63) is 29.0 Å². The van der Waals surface area contributed by atoms with Crippen molar-refractivity contribution in [2.45, 2.75) is 0 Å². The Balaban J connectivity index is 2.85. The van der Waals surface area contributed by atoms with Crippen molar-refractivity contribution in [1.29, 1.82) is 5.26 Å². The summed E-state index contributed by atoms with van der Waals surface area (Å²) in [5, 5.41) is 9.90. The van der Waals surface area contributed by atoms with Crippen molar-refractivity contribution in [1.82, 2.24) is 9.55 Å². The van der Waals surface area contributed by atoms with E-state index in [0.717, 1.165) is 11.0 Å². The molecule has 0 atom stereocenters. The second-order valence-corrected chi connectivity index (χ2v) is 3.14. The molecule has 0 aromatic carbocycles. The third-order valence-corrected chi connectivity index (χ3v) is 2.20. The quantitative estimate of drug-likeness (QED) is 0.599. The number of pyridine rings is 1. The highest BCUT2D eigenvalue weighted by atomic mass is 35.5. The summed E-state index contributed by atoms with van der Waals surface area (Å²) in [4.78, 5) is 4.11. The molecule has 2 heterocycles. The molecule has 0 aliphatic carbocycles. The van der Waals surface area contributed by atoms with Crippen LogP contribution in [0.3, 0.4) is 0 Å². The fraction of sp³-hybridized carbons (Fsp3) is 0.111. The van der Waals surface area contributed by atoms with Crippen molar-refractivity contribution in [2.75, 3.05) is 0 Å². The highest BCUT2D eigenvalue weighted by Crippen LogP contribution is 2.19. The molecule has 0 saturated heterocycles. The molecule has 0 aliphatic rings. The molecule has 0 radical (unpaired) electrons. The third kappa shape index (κ3) is 1.16. The van der Waals surface area contributed by atoms with Crippen LogP contribution in [0.1, 0.15) is 5.56 Å². The number of nitrogens with zero attached hydrogens (tertiary/aromatic N) is 3. The minimum absolute atomic E-state index is 0.261. The SMILES string of the molecule is Cn1ccc2cc(C#N)c(Cl)nc21. The zero-order chi connectivity index (χ0) is 9.42. The Labute approximate surface area is 80.2 Å². The van der Waals surface area contributed by atoms with Gasteiger partial charge in [-0.3, -0.25) is 0 Å². The predicted octanol–water partition coefficient (Wildman–Crippen LogP) is 2.10. The Morgan fingerprint density at radius 3 is 3.08 bits per heavy atom. The lowest BCUT2D eigenvalue weighted by Crippen LogP contribution is -1.89. The van der Waals surface area contributed by atoms with E-state index in [9.17, 15) is 0 Å². The monoisotopic (exact) mass is 191 g/mol. The molecule has 0 saturated carbocycles. The number of hydrogen-bond donors (Lipinski definition) is 0. The van der Waals surface area contributed by atoms with Gasteiger partial charge in [0.1, 0.15) is 16.9 Å². The van der Waals surface area contributed by atoms with E-state index in [1.54, 1.807) is 6.07 Å². The van der Waals surface area contributed by atoms with Crippen molar-refractivity contribution < 1.29 is 0 Å². The summed E-state index contributed by atoms with van der Waals surface area (Å²) in [6.45, 7) is 0. The maximum atomic E-state index is 8.70. The van der Waals surface area contributed by atoms with Gasteiger partial charge in [-0.2, -0.15) is 5.26 Å². The maximum absolute atomic E-state index is 8.70. The summed E-state index contributed by atoms with van der Waals surface area (Å²) in [5.41, 5.74) is 1.21. The van der Waals surface area contributed by atoms with Gasteiger partial charge in [-0.1, -0.05) is 11.6 Å². The van der Waals surface area contributed by atoms with Crippen LogP contribution in [0.4, 0.5) is 0 Å². The fourth-order valence-electron chi connectivity index (χ4n) is 1.24. The minimum Gasteiger partial charge on any atom is -0.336 e. The topological polar surface area (TPSA) is 41.6 Å². The van der Waals surface area contributed by atoms with Crippen molar-refractivity contribution in [3.8, 4) is 6.07 Å². The van der Waals surface area contributed by atoms with Crippen molar-refractivity contribution in [3.63, 3.8) is 0 Å². The Bertz CT molecular complexity index is 507. The minimum atomic E-state index is 0.261. The number of halogens is 1. The summed E-state index contributed by atoms with van der Waals surface area (Å²) < 4.78 is 1.86. The summed E-state index contributed by atoms with van der Waals surface area (Å²) in [7, 11) is 1.89. The summed E-state index contributed by atoms with van der Waals surface area (Å²) in [6, 6.07) is 5.64. The molecule has 0 N–H and O–H groups in total. The zero-order valence-electron chi connectivity index (χ0n) is 6.95. The fourth-order valence-corrected chi connectivity index (χ4v) is 1.42. The number of fused-ring (bicyclic) bond motifs is 1. The normalized spacial score (nSPS) is 10.2. The lowest BCUT2D eigenvalue weighted by molar-refractivity contribution is 0.948. The van der Waals surface area contributed by atoms with Gasteiger partial charge in [-0.25, -0.2) is 4.98 Å². The number of aromatic nitrogens is 2. The van der Waals surface area contributed by atoms with Gasteiger partial charge in [0.05, 0.1) is 5.56 Å². The molecule has 4 heteroatoms. The molecule has 0 bridgehead atoms. The molecule has 0 amide bonds. The number of rotatable bonds is 0.